The molecule has 0 bridgehead atoms. The maximum absolute atomic E-state index is 13.4. The number of carbonyl (C=O) groups excluding carboxylic acids is 1. The van der Waals surface area contributed by atoms with Crippen molar-refractivity contribution in [2.45, 2.75) is 30.7 Å². The molecule has 9 heteroatoms. The fraction of sp³-hybridized carbons (Fsp3) is 0.381. The molecule has 30 heavy (non-hydrogen) atoms. The van der Waals surface area contributed by atoms with Crippen LogP contribution in [0.15, 0.2) is 47.4 Å². The SMILES string of the molecule is COc1ccc(S(=O)(=O)N(C)CCCC(=O)N(C)C(C)c2ccc(F)c(F)c2)cc1. The van der Waals surface area contributed by atoms with Crippen molar-refractivity contribution in [3.63, 3.8) is 0 Å². The lowest BCUT2D eigenvalue weighted by Gasteiger charge is -2.26. The van der Waals surface area contributed by atoms with E-state index in [-0.39, 0.29) is 23.8 Å². The molecule has 0 saturated heterocycles. The van der Waals surface area contributed by atoms with E-state index >= 15 is 0 Å². The van der Waals surface area contributed by atoms with Gasteiger partial charge in [-0.25, -0.2) is 21.5 Å². The Bertz CT molecular complexity index is 981. The summed E-state index contributed by atoms with van der Waals surface area (Å²) in [5.41, 5.74) is 0.476. The van der Waals surface area contributed by atoms with E-state index in [4.69, 9.17) is 4.74 Å². The van der Waals surface area contributed by atoms with Crippen LogP contribution in [-0.2, 0) is 14.8 Å². The summed E-state index contributed by atoms with van der Waals surface area (Å²) in [5, 5.41) is 0. The molecular formula is C21H26F2N2O4S. The summed E-state index contributed by atoms with van der Waals surface area (Å²) < 4.78 is 58.0. The molecule has 0 heterocycles. The van der Waals surface area contributed by atoms with E-state index in [2.05, 4.69) is 0 Å². The van der Waals surface area contributed by atoms with Crippen molar-refractivity contribution in [1.29, 1.82) is 0 Å². The molecule has 0 aliphatic rings. The highest BCUT2D eigenvalue weighted by Crippen LogP contribution is 2.22. The number of methoxy groups -OCH3 is 1. The van der Waals surface area contributed by atoms with Gasteiger partial charge in [0.25, 0.3) is 0 Å². The quantitative estimate of drug-likeness (QED) is 0.598. The van der Waals surface area contributed by atoms with Gasteiger partial charge >= 0.3 is 0 Å². The molecule has 2 aromatic carbocycles. The molecule has 0 spiro atoms. The molecule has 0 radical (unpaired) electrons. The lowest BCUT2D eigenvalue weighted by atomic mass is 10.1. The largest absolute Gasteiger partial charge is 0.497 e. The first-order chi connectivity index (χ1) is 14.1. The first kappa shape index (κ1) is 23.8. The number of rotatable bonds is 9. The number of sulfonamides is 1. The molecule has 0 aliphatic carbocycles. The van der Waals surface area contributed by atoms with E-state index in [1.54, 1.807) is 26.1 Å². The standard InChI is InChI=1S/C21H26F2N2O4S/c1-15(16-7-12-19(22)20(23)14-16)25(3)21(26)6-5-13-24(2)30(27,28)18-10-8-17(29-4)9-11-18/h7-12,14-15H,5-6,13H2,1-4H3. The van der Waals surface area contributed by atoms with Gasteiger partial charge in [-0.2, -0.15) is 0 Å². The summed E-state index contributed by atoms with van der Waals surface area (Å²) in [5.74, 6) is -1.57. The van der Waals surface area contributed by atoms with E-state index in [1.807, 2.05) is 0 Å². The number of nitrogens with zero attached hydrogens (tertiary/aromatic N) is 2. The number of carbonyl (C=O) groups is 1. The fourth-order valence-corrected chi connectivity index (χ4v) is 4.10. The van der Waals surface area contributed by atoms with Gasteiger partial charge in [0, 0.05) is 27.1 Å². The van der Waals surface area contributed by atoms with Crippen LogP contribution in [0, 0.1) is 11.6 Å². The third-order valence-electron chi connectivity index (χ3n) is 5.03. The monoisotopic (exact) mass is 440 g/mol. The molecule has 1 unspecified atom stereocenters. The summed E-state index contributed by atoms with van der Waals surface area (Å²) in [6.45, 7) is 1.87. The Labute approximate surface area is 176 Å². The predicted octanol–water partition coefficient (Wildman–Crippen LogP) is 3.59. The molecule has 0 saturated carbocycles. The minimum Gasteiger partial charge on any atom is -0.497 e. The highest BCUT2D eigenvalue weighted by atomic mass is 32.2. The Morgan fingerprint density at radius 1 is 1.07 bits per heavy atom. The summed E-state index contributed by atoms with van der Waals surface area (Å²) in [6, 6.07) is 9.14. The number of amides is 1. The van der Waals surface area contributed by atoms with Crippen molar-refractivity contribution in [1.82, 2.24) is 9.21 Å². The van der Waals surface area contributed by atoms with Gasteiger partial charge in [-0.3, -0.25) is 4.79 Å². The van der Waals surface area contributed by atoms with Crippen molar-refractivity contribution in [3.05, 3.63) is 59.7 Å². The number of hydrogen-bond acceptors (Lipinski definition) is 4. The lowest BCUT2D eigenvalue weighted by Crippen LogP contribution is -2.32. The Hall–Kier alpha value is -2.52. The number of hydrogen-bond donors (Lipinski definition) is 0. The maximum Gasteiger partial charge on any atom is 0.242 e. The van der Waals surface area contributed by atoms with Crippen molar-refractivity contribution in [2.75, 3.05) is 27.7 Å². The van der Waals surface area contributed by atoms with E-state index in [0.29, 0.717) is 17.7 Å². The molecule has 0 aliphatic heterocycles. The second-order valence-corrected chi connectivity index (χ2v) is 9.00. The predicted molar refractivity (Wildman–Crippen MR) is 110 cm³/mol. The first-order valence-corrected chi connectivity index (χ1v) is 10.8. The van der Waals surface area contributed by atoms with Crippen molar-refractivity contribution >= 4 is 15.9 Å². The number of benzene rings is 2. The summed E-state index contributed by atoms with van der Waals surface area (Å²) in [6.07, 6.45) is 0.437. The van der Waals surface area contributed by atoms with Crippen molar-refractivity contribution in [3.8, 4) is 5.75 Å². The Morgan fingerprint density at radius 3 is 2.27 bits per heavy atom. The molecule has 6 nitrogen and oxygen atoms in total. The van der Waals surface area contributed by atoms with Gasteiger partial charge < -0.3 is 9.64 Å². The average Bonchev–Trinajstić information content (AvgIpc) is 2.74. The van der Waals surface area contributed by atoms with Gasteiger partial charge in [0.1, 0.15) is 5.75 Å². The van der Waals surface area contributed by atoms with Gasteiger partial charge in [-0.15, -0.1) is 0 Å². The van der Waals surface area contributed by atoms with Crippen LogP contribution in [-0.4, -0.2) is 51.3 Å². The van der Waals surface area contributed by atoms with Crippen LogP contribution in [0.5, 0.6) is 5.75 Å². The highest BCUT2D eigenvalue weighted by molar-refractivity contribution is 7.89. The zero-order valence-electron chi connectivity index (χ0n) is 17.4. The summed E-state index contributed by atoms with van der Waals surface area (Å²) in [7, 11) is 0.854. The van der Waals surface area contributed by atoms with Gasteiger partial charge in [0.2, 0.25) is 15.9 Å². The molecule has 164 valence electrons. The van der Waals surface area contributed by atoms with Crippen LogP contribution in [0.1, 0.15) is 31.4 Å². The smallest absolute Gasteiger partial charge is 0.242 e. The van der Waals surface area contributed by atoms with Crippen LogP contribution in [0.25, 0.3) is 0 Å². The Balaban J connectivity index is 1.92. The normalized spacial score (nSPS) is 12.6. The third-order valence-corrected chi connectivity index (χ3v) is 6.90. The number of ether oxygens (including phenoxy) is 1. The molecule has 0 fully saturated rings. The molecule has 1 amide bonds. The van der Waals surface area contributed by atoms with Gasteiger partial charge in [-0.05, 0) is 55.3 Å². The minimum atomic E-state index is -3.67. The topological polar surface area (TPSA) is 66.9 Å². The average molecular weight is 441 g/mol. The van der Waals surface area contributed by atoms with Gasteiger partial charge in [0.05, 0.1) is 18.0 Å². The first-order valence-electron chi connectivity index (χ1n) is 9.39. The van der Waals surface area contributed by atoms with E-state index in [0.717, 1.165) is 12.1 Å². The fourth-order valence-electron chi connectivity index (χ4n) is 2.89. The van der Waals surface area contributed by atoms with Crippen LogP contribution in [0.3, 0.4) is 0 Å². The van der Waals surface area contributed by atoms with Crippen molar-refractivity contribution in [2.24, 2.45) is 0 Å². The van der Waals surface area contributed by atoms with Gasteiger partial charge in [0.15, 0.2) is 11.6 Å². The van der Waals surface area contributed by atoms with E-state index in [1.165, 1.54) is 41.6 Å². The molecule has 2 aromatic rings. The Kier molecular flexibility index (Phi) is 7.91. The molecular weight excluding hydrogens is 414 g/mol. The molecule has 0 N–H and O–H groups in total. The Morgan fingerprint density at radius 2 is 1.70 bits per heavy atom. The van der Waals surface area contributed by atoms with Crippen LogP contribution >= 0.6 is 0 Å². The lowest BCUT2D eigenvalue weighted by molar-refractivity contribution is -0.131. The van der Waals surface area contributed by atoms with E-state index in [9.17, 15) is 22.0 Å². The van der Waals surface area contributed by atoms with Crippen molar-refractivity contribution < 1.29 is 26.7 Å². The van der Waals surface area contributed by atoms with Crippen LogP contribution in [0.2, 0.25) is 0 Å². The zero-order valence-corrected chi connectivity index (χ0v) is 18.2. The summed E-state index contributed by atoms with van der Waals surface area (Å²) in [4.78, 5) is 14.0. The summed E-state index contributed by atoms with van der Waals surface area (Å²) >= 11 is 0. The molecule has 2 rings (SSSR count). The molecule has 0 aromatic heterocycles. The van der Waals surface area contributed by atoms with Gasteiger partial charge in [-0.1, -0.05) is 6.07 Å². The third kappa shape index (κ3) is 5.54. The molecule has 1 atom stereocenters. The van der Waals surface area contributed by atoms with Crippen LogP contribution < -0.4 is 4.74 Å². The highest BCUT2D eigenvalue weighted by Gasteiger charge is 2.22. The zero-order chi connectivity index (χ0) is 22.5. The number of halogens is 2. The van der Waals surface area contributed by atoms with E-state index < -0.39 is 27.7 Å². The minimum absolute atomic E-state index is 0.118. The second-order valence-electron chi connectivity index (χ2n) is 6.96. The maximum atomic E-state index is 13.4. The van der Waals surface area contributed by atoms with Crippen LogP contribution in [0.4, 0.5) is 8.78 Å². The second kappa shape index (κ2) is 9.99.